The van der Waals surface area contributed by atoms with E-state index >= 15 is 0 Å². The fourth-order valence-electron chi connectivity index (χ4n) is 2.36. The number of nitrogens with zero attached hydrogens (tertiary/aromatic N) is 3. The average molecular weight is 431 g/mol. The first-order valence-electron chi connectivity index (χ1n) is 7.47. The Morgan fingerprint density at radius 3 is 2.31 bits per heavy atom. The second kappa shape index (κ2) is 7.61. The van der Waals surface area contributed by atoms with Crippen LogP contribution in [0.15, 0.2) is 18.2 Å². The van der Waals surface area contributed by atoms with E-state index in [0.29, 0.717) is 11.6 Å². The summed E-state index contributed by atoms with van der Waals surface area (Å²) in [4.78, 5) is 3.33. The van der Waals surface area contributed by atoms with Crippen molar-refractivity contribution < 1.29 is 21.6 Å². The van der Waals surface area contributed by atoms with Crippen molar-refractivity contribution in [2.24, 2.45) is 0 Å². The molecule has 0 radical (unpaired) electrons. The van der Waals surface area contributed by atoms with Crippen LogP contribution in [0.3, 0.4) is 0 Å². The van der Waals surface area contributed by atoms with Gasteiger partial charge in [0.25, 0.3) is 5.82 Å². The highest BCUT2D eigenvalue weighted by Gasteiger charge is 2.37. The van der Waals surface area contributed by atoms with Gasteiger partial charge in [0.2, 0.25) is 5.95 Å². The molecule has 0 aliphatic heterocycles. The van der Waals surface area contributed by atoms with Crippen LogP contribution in [0.2, 0.25) is 0 Å². The summed E-state index contributed by atoms with van der Waals surface area (Å²) in [5, 5.41) is 3.53. The van der Waals surface area contributed by atoms with Gasteiger partial charge in [0.15, 0.2) is 0 Å². The van der Waals surface area contributed by atoms with Gasteiger partial charge in [-0.15, -0.1) is 5.10 Å². The van der Waals surface area contributed by atoms with Crippen LogP contribution in [0.5, 0.6) is 0 Å². The molecule has 0 amide bonds. The Morgan fingerprint density at radius 2 is 1.88 bits per heavy atom. The topological polar surface area (TPSA) is 90.9 Å². The van der Waals surface area contributed by atoms with Crippen molar-refractivity contribution in [3.8, 4) is 5.69 Å². The van der Waals surface area contributed by atoms with E-state index < -0.39 is 20.3 Å². The van der Waals surface area contributed by atoms with E-state index in [0.717, 1.165) is 35.1 Å². The van der Waals surface area contributed by atoms with E-state index in [9.17, 15) is 13.2 Å². The fraction of sp³-hybridized carbons (Fsp3) is 0.429. The Bertz CT molecular complexity index is 888. The normalized spacial score (nSPS) is 14.7. The molecule has 1 fully saturated rings. The number of nitrogens with two attached hydrogens (primary N) is 1. The molecular formula is C14H15Cl2F3N4O2S. The van der Waals surface area contributed by atoms with E-state index in [1.165, 1.54) is 0 Å². The number of benzene rings is 1. The van der Waals surface area contributed by atoms with Gasteiger partial charge in [-0.25, -0.2) is 0 Å². The molecule has 144 valence electrons. The van der Waals surface area contributed by atoms with Gasteiger partial charge in [-0.3, -0.25) is 0 Å². The van der Waals surface area contributed by atoms with Gasteiger partial charge in [0.05, 0.1) is 5.69 Å². The van der Waals surface area contributed by atoms with Crippen LogP contribution in [-0.2, 0) is 20.9 Å². The SMILES string of the molecule is CCc1ccc(-n2nc(C(F)(F)F)nc2N)c(C2CC2)c1.O=S(=O)(Cl)Cl. The third-order valence-corrected chi connectivity index (χ3v) is 3.63. The average Bonchev–Trinajstić information content (AvgIpc) is 3.26. The van der Waals surface area contributed by atoms with Crippen molar-refractivity contribution in [2.75, 3.05) is 5.73 Å². The Hall–Kier alpha value is -1.52. The molecule has 2 aromatic rings. The third-order valence-electron chi connectivity index (χ3n) is 3.63. The number of aryl methyl sites for hydroxylation is 1. The van der Waals surface area contributed by atoms with Crippen LogP contribution in [0, 0.1) is 0 Å². The fourth-order valence-corrected chi connectivity index (χ4v) is 2.36. The largest absolute Gasteiger partial charge is 0.453 e. The second-order valence-corrected chi connectivity index (χ2v) is 9.27. The zero-order valence-corrected chi connectivity index (χ0v) is 15.8. The highest BCUT2D eigenvalue weighted by molar-refractivity contribution is 8.31. The number of aromatic nitrogens is 3. The van der Waals surface area contributed by atoms with Gasteiger partial charge in [-0.05, 0) is 42.4 Å². The van der Waals surface area contributed by atoms with Gasteiger partial charge < -0.3 is 5.73 Å². The monoisotopic (exact) mass is 430 g/mol. The number of hydrogen-bond acceptors (Lipinski definition) is 5. The molecule has 1 heterocycles. The Kier molecular flexibility index (Phi) is 6.09. The number of hydrogen-bond donors (Lipinski definition) is 1. The molecule has 1 aliphatic rings. The first-order valence-corrected chi connectivity index (χ1v) is 10.6. The molecule has 1 saturated carbocycles. The molecule has 2 N–H and O–H groups in total. The number of alkyl halides is 3. The molecule has 12 heteroatoms. The van der Waals surface area contributed by atoms with E-state index in [-0.39, 0.29) is 5.95 Å². The Labute approximate surface area is 157 Å². The summed E-state index contributed by atoms with van der Waals surface area (Å²) >= 11 is 0. The maximum absolute atomic E-state index is 12.7. The second-order valence-electron chi connectivity index (χ2n) is 5.60. The van der Waals surface area contributed by atoms with Gasteiger partial charge >= 0.3 is 14.4 Å². The smallest absolute Gasteiger partial charge is 0.368 e. The molecular weight excluding hydrogens is 416 g/mol. The van der Waals surface area contributed by atoms with Crippen LogP contribution in [0.4, 0.5) is 19.1 Å². The van der Waals surface area contributed by atoms with Crippen molar-refractivity contribution >= 4 is 35.6 Å². The van der Waals surface area contributed by atoms with Crippen molar-refractivity contribution in [1.29, 1.82) is 0 Å². The molecule has 1 aliphatic carbocycles. The predicted molar refractivity (Wildman–Crippen MR) is 92.8 cm³/mol. The summed E-state index contributed by atoms with van der Waals surface area (Å²) < 4.78 is 57.5. The van der Waals surface area contributed by atoms with Crippen molar-refractivity contribution in [3.05, 3.63) is 35.2 Å². The number of anilines is 1. The molecule has 26 heavy (non-hydrogen) atoms. The van der Waals surface area contributed by atoms with Crippen LogP contribution >= 0.6 is 21.4 Å². The van der Waals surface area contributed by atoms with Gasteiger partial charge in [-0.1, -0.05) is 19.1 Å². The van der Waals surface area contributed by atoms with Gasteiger partial charge in [0.1, 0.15) is 0 Å². The Balaban J connectivity index is 0.000000431. The van der Waals surface area contributed by atoms with E-state index in [1.54, 1.807) is 6.07 Å². The molecule has 0 saturated heterocycles. The first-order chi connectivity index (χ1) is 11.9. The van der Waals surface area contributed by atoms with Gasteiger partial charge in [0, 0.05) is 21.4 Å². The zero-order valence-electron chi connectivity index (χ0n) is 13.5. The Morgan fingerprint density at radius 1 is 1.31 bits per heavy atom. The van der Waals surface area contributed by atoms with Crippen LogP contribution in [0.1, 0.15) is 42.6 Å². The lowest BCUT2D eigenvalue weighted by molar-refractivity contribution is -0.144. The number of halogens is 5. The molecule has 0 bridgehead atoms. The molecule has 0 spiro atoms. The molecule has 1 aromatic heterocycles. The summed E-state index contributed by atoms with van der Waals surface area (Å²) in [6, 6.07) is 5.69. The minimum atomic E-state index is -4.59. The lowest BCUT2D eigenvalue weighted by Gasteiger charge is -2.11. The minimum Gasteiger partial charge on any atom is -0.368 e. The standard InChI is InChI=1S/C14H15F3N4.Cl2O2S/c1-2-8-3-6-11(10(7-8)9-4-5-9)21-13(18)19-12(20-21)14(15,16)17;1-5(2,3)4/h3,6-7,9H,2,4-5H2,1H3,(H2,18,19,20);. The van der Waals surface area contributed by atoms with Crippen LogP contribution < -0.4 is 5.73 Å². The number of nitrogen functional groups attached to an aromatic ring is 1. The lowest BCUT2D eigenvalue weighted by Crippen LogP contribution is -2.09. The molecule has 0 atom stereocenters. The predicted octanol–water partition coefficient (Wildman–Crippen LogP) is 4.02. The lowest BCUT2D eigenvalue weighted by atomic mass is 10.0. The van der Waals surface area contributed by atoms with Crippen molar-refractivity contribution in [2.45, 2.75) is 38.3 Å². The summed E-state index contributed by atoms with van der Waals surface area (Å²) in [6.07, 6.45) is -1.63. The van der Waals surface area contributed by atoms with E-state index in [2.05, 4.69) is 31.4 Å². The highest BCUT2D eigenvalue weighted by atomic mass is 36.0. The quantitative estimate of drug-likeness (QED) is 0.742. The summed E-state index contributed by atoms with van der Waals surface area (Å²) in [5.41, 5.74) is 8.36. The first kappa shape index (κ1) is 20.8. The van der Waals surface area contributed by atoms with E-state index in [1.807, 2.05) is 19.1 Å². The van der Waals surface area contributed by atoms with Crippen LogP contribution in [0.25, 0.3) is 5.69 Å². The van der Waals surface area contributed by atoms with Gasteiger partial charge in [-0.2, -0.15) is 31.3 Å². The number of rotatable bonds is 3. The van der Waals surface area contributed by atoms with Crippen LogP contribution in [-0.4, -0.2) is 23.2 Å². The molecule has 0 unspecified atom stereocenters. The molecule has 1 aromatic carbocycles. The summed E-state index contributed by atoms with van der Waals surface area (Å²) in [6.45, 7) is 2.04. The molecule has 6 nitrogen and oxygen atoms in total. The minimum absolute atomic E-state index is 0.242. The zero-order chi connectivity index (χ0) is 19.7. The van der Waals surface area contributed by atoms with Crippen molar-refractivity contribution in [3.63, 3.8) is 0 Å². The summed E-state index contributed by atoms with van der Waals surface area (Å²) in [7, 11) is 4.81. The highest BCUT2D eigenvalue weighted by Crippen LogP contribution is 2.43. The van der Waals surface area contributed by atoms with E-state index in [4.69, 9.17) is 14.2 Å². The maximum atomic E-state index is 12.7. The third kappa shape index (κ3) is 5.75. The maximum Gasteiger partial charge on any atom is 0.453 e. The summed E-state index contributed by atoms with van der Waals surface area (Å²) in [5.74, 6) is -1.07. The van der Waals surface area contributed by atoms with Crippen molar-refractivity contribution in [1.82, 2.24) is 14.8 Å². The molecule has 3 rings (SSSR count).